The molecule has 0 unspecified atom stereocenters. The molecule has 0 aliphatic heterocycles. The summed E-state index contributed by atoms with van der Waals surface area (Å²) in [6, 6.07) is 7.07. The Morgan fingerprint density at radius 2 is 2.10 bits per heavy atom. The SMILES string of the molecule is COc1ccccc1NC(=O)COC(=O)[C@@H]1CC=CCC1. The minimum absolute atomic E-state index is 0.130. The number of nitrogens with one attached hydrogen (secondary N) is 1. The Labute approximate surface area is 123 Å². The average molecular weight is 289 g/mol. The summed E-state index contributed by atoms with van der Waals surface area (Å²) in [4.78, 5) is 23.6. The minimum atomic E-state index is -0.376. The number of anilines is 1. The second-order valence-electron chi connectivity index (χ2n) is 4.84. The van der Waals surface area contributed by atoms with Crippen molar-refractivity contribution >= 4 is 17.6 Å². The van der Waals surface area contributed by atoms with Crippen LogP contribution in [0, 0.1) is 5.92 Å². The molecule has 1 aliphatic carbocycles. The maximum atomic E-state index is 11.8. The fourth-order valence-corrected chi connectivity index (χ4v) is 2.20. The molecule has 1 atom stereocenters. The minimum Gasteiger partial charge on any atom is -0.495 e. The number of carbonyl (C=O) groups excluding carboxylic acids is 2. The first-order chi connectivity index (χ1) is 10.2. The summed E-state index contributed by atoms with van der Waals surface area (Å²) in [6.45, 7) is -0.281. The van der Waals surface area contributed by atoms with Crippen LogP contribution in [0.15, 0.2) is 36.4 Å². The molecule has 1 aromatic carbocycles. The van der Waals surface area contributed by atoms with Gasteiger partial charge in [-0.1, -0.05) is 24.3 Å². The van der Waals surface area contributed by atoms with E-state index in [0.29, 0.717) is 17.9 Å². The maximum absolute atomic E-state index is 11.8. The lowest BCUT2D eigenvalue weighted by Gasteiger charge is -2.16. The summed E-state index contributed by atoms with van der Waals surface area (Å²) in [5.74, 6) is -0.252. The molecule has 5 nitrogen and oxygen atoms in total. The van der Waals surface area contributed by atoms with E-state index in [0.717, 1.165) is 12.8 Å². The molecule has 112 valence electrons. The fourth-order valence-electron chi connectivity index (χ4n) is 2.20. The third kappa shape index (κ3) is 4.34. The van der Waals surface area contributed by atoms with Crippen molar-refractivity contribution < 1.29 is 19.1 Å². The summed E-state index contributed by atoms with van der Waals surface area (Å²) in [5, 5.41) is 2.66. The highest BCUT2D eigenvalue weighted by Crippen LogP contribution is 2.23. The first-order valence-electron chi connectivity index (χ1n) is 6.95. The van der Waals surface area contributed by atoms with Gasteiger partial charge < -0.3 is 14.8 Å². The van der Waals surface area contributed by atoms with Crippen molar-refractivity contribution in [1.82, 2.24) is 0 Å². The van der Waals surface area contributed by atoms with Gasteiger partial charge in [0.15, 0.2) is 6.61 Å². The number of amides is 1. The lowest BCUT2D eigenvalue weighted by atomic mass is 9.95. The molecular formula is C16H19NO4. The molecule has 0 radical (unpaired) electrons. The Morgan fingerprint density at radius 1 is 1.29 bits per heavy atom. The fraction of sp³-hybridized carbons (Fsp3) is 0.375. The van der Waals surface area contributed by atoms with Crippen molar-refractivity contribution in [1.29, 1.82) is 0 Å². The van der Waals surface area contributed by atoms with E-state index in [1.54, 1.807) is 18.2 Å². The predicted octanol–water partition coefficient (Wildman–Crippen LogP) is 2.53. The van der Waals surface area contributed by atoms with Crippen LogP contribution in [-0.2, 0) is 14.3 Å². The van der Waals surface area contributed by atoms with Crippen LogP contribution in [0.5, 0.6) is 5.75 Å². The summed E-state index contributed by atoms with van der Waals surface area (Å²) in [7, 11) is 1.53. The van der Waals surface area contributed by atoms with Gasteiger partial charge in [0, 0.05) is 0 Å². The zero-order valence-electron chi connectivity index (χ0n) is 12.0. The molecule has 0 saturated heterocycles. The molecule has 1 amide bonds. The van der Waals surface area contributed by atoms with Crippen LogP contribution in [0.25, 0.3) is 0 Å². The average Bonchev–Trinajstić information content (AvgIpc) is 2.54. The monoisotopic (exact) mass is 289 g/mol. The molecule has 0 bridgehead atoms. The van der Waals surface area contributed by atoms with Crippen molar-refractivity contribution in [3.05, 3.63) is 36.4 Å². The van der Waals surface area contributed by atoms with Gasteiger partial charge in [-0.15, -0.1) is 0 Å². The summed E-state index contributed by atoms with van der Waals surface area (Å²) in [6.07, 6.45) is 6.38. The zero-order chi connectivity index (χ0) is 15.1. The van der Waals surface area contributed by atoms with E-state index in [-0.39, 0.29) is 24.4 Å². The molecule has 0 heterocycles. The molecule has 0 fully saturated rings. The number of para-hydroxylation sites is 2. The molecule has 2 rings (SSSR count). The van der Waals surface area contributed by atoms with E-state index in [9.17, 15) is 9.59 Å². The molecule has 21 heavy (non-hydrogen) atoms. The number of benzene rings is 1. The second-order valence-corrected chi connectivity index (χ2v) is 4.84. The van der Waals surface area contributed by atoms with E-state index in [1.165, 1.54) is 7.11 Å². The number of ether oxygens (including phenoxy) is 2. The maximum Gasteiger partial charge on any atom is 0.309 e. The highest BCUT2D eigenvalue weighted by atomic mass is 16.5. The van der Waals surface area contributed by atoms with E-state index in [2.05, 4.69) is 11.4 Å². The van der Waals surface area contributed by atoms with Gasteiger partial charge in [0.1, 0.15) is 5.75 Å². The molecular weight excluding hydrogens is 270 g/mol. The highest BCUT2D eigenvalue weighted by Gasteiger charge is 2.21. The van der Waals surface area contributed by atoms with Gasteiger partial charge >= 0.3 is 5.97 Å². The lowest BCUT2D eigenvalue weighted by molar-refractivity contribution is -0.151. The van der Waals surface area contributed by atoms with Crippen LogP contribution in [0.3, 0.4) is 0 Å². The molecule has 1 aliphatic rings. The number of carbonyl (C=O) groups is 2. The highest BCUT2D eigenvalue weighted by molar-refractivity contribution is 5.94. The van der Waals surface area contributed by atoms with Gasteiger partial charge in [-0.3, -0.25) is 9.59 Å². The van der Waals surface area contributed by atoms with Crippen LogP contribution in [0.1, 0.15) is 19.3 Å². The van der Waals surface area contributed by atoms with Crippen molar-refractivity contribution in [2.45, 2.75) is 19.3 Å². The third-order valence-corrected chi connectivity index (χ3v) is 3.33. The number of methoxy groups -OCH3 is 1. The van der Waals surface area contributed by atoms with E-state index in [1.807, 2.05) is 12.1 Å². The van der Waals surface area contributed by atoms with Gasteiger partial charge in [-0.2, -0.15) is 0 Å². The smallest absolute Gasteiger partial charge is 0.309 e. The predicted molar refractivity (Wildman–Crippen MR) is 79.1 cm³/mol. The van der Waals surface area contributed by atoms with E-state index < -0.39 is 0 Å². The lowest BCUT2D eigenvalue weighted by Crippen LogP contribution is -2.25. The van der Waals surface area contributed by atoms with Crippen LogP contribution >= 0.6 is 0 Å². The first-order valence-corrected chi connectivity index (χ1v) is 6.95. The van der Waals surface area contributed by atoms with Crippen molar-refractivity contribution in [2.75, 3.05) is 19.0 Å². The number of hydrogen-bond acceptors (Lipinski definition) is 4. The number of hydrogen-bond donors (Lipinski definition) is 1. The van der Waals surface area contributed by atoms with E-state index >= 15 is 0 Å². The third-order valence-electron chi connectivity index (χ3n) is 3.33. The Morgan fingerprint density at radius 3 is 2.81 bits per heavy atom. The van der Waals surface area contributed by atoms with Crippen molar-refractivity contribution in [3.8, 4) is 5.75 Å². The summed E-state index contributed by atoms with van der Waals surface area (Å²) >= 11 is 0. The van der Waals surface area contributed by atoms with Crippen LogP contribution in [-0.4, -0.2) is 25.6 Å². The molecule has 1 aromatic rings. The Kier molecular flexibility index (Phi) is 5.37. The second kappa shape index (κ2) is 7.47. The number of rotatable bonds is 5. The van der Waals surface area contributed by atoms with Gasteiger partial charge in [0.2, 0.25) is 0 Å². The molecule has 5 heteroatoms. The summed E-state index contributed by atoms with van der Waals surface area (Å²) < 4.78 is 10.2. The van der Waals surface area contributed by atoms with E-state index in [4.69, 9.17) is 9.47 Å². The Hall–Kier alpha value is -2.30. The Balaban J connectivity index is 1.82. The molecule has 1 N–H and O–H groups in total. The van der Waals surface area contributed by atoms with Crippen LogP contribution in [0.2, 0.25) is 0 Å². The van der Waals surface area contributed by atoms with Crippen LogP contribution < -0.4 is 10.1 Å². The summed E-state index contributed by atoms with van der Waals surface area (Å²) in [5.41, 5.74) is 0.557. The van der Waals surface area contributed by atoms with Gasteiger partial charge in [0.25, 0.3) is 5.91 Å². The van der Waals surface area contributed by atoms with Crippen molar-refractivity contribution in [3.63, 3.8) is 0 Å². The molecule has 0 saturated carbocycles. The first kappa shape index (κ1) is 15.1. The van der Waals surface area contributed by atoms with Gasteiger partial charge in [-0.05, 0) is 31.4 Å². The normalized spacial score (nSPS) is 17.1. The standard InChI is InChI=1S/C16H19NO4/c1-20-14-10-6-5-9-13(14)17-15(18)11-21-16(19)12-7-3-2-4-8-12/h2-3,5-6,9-10,12H,4,7-8,11H2,1H3,(H,17,18)/t12-/m1/s1. The zero-order valence-corrected chi connectivity index (χ0v) is 12.0. The van der Waals surface area contributed by atoms with Crippen molar-refractivity contribution in [2.24, 2.45) is 5.92 Å². The quantitative estimate of drug-likeness (QED) is 0.668. The number of esters is 1. The number of allylic oxidation sites excluding steroid dienone is 2. The topological polar surface area (TPSA) is 64.6 Å². The largest absolute Gasteiger partial charge is 0.495 e. The van der Waals surface area contributed by atoms with Gasteiger partial charge in [0.05, 0.1) is 18.7 Å². The molecule has 0 aromatic heterocycles. The Bertz CT molecular complexity index is 539. The van der Waals surface area contributed by atoms with Crippen LogP contribution in [0.4, 0.5) is 5.69 Å². The van der Waals surface area contributed by atoms with Gasteiger partial charge in [-0.25, -0.2) is 0 Å². The molecule has 0 spiro atoms.